The summed E-state index contributed by atoms with van der Waals surface area (Å²) in [7, 11) is 0. The Hall–Kier alpha value is -1.36. The first-order chi connectivity index (χ1) is 7.08. The van der Waals surface area contributed by atoms with E-state index < -0.39 is 0 Å². The van der Waals surface area contributed by atoms with Gasteiger partial charge in [-0.25, -0.2) is 4.98 Å². The van der Waals surface area contributed by atoms with Crippen LogP contribution in [0.25, 0.3) is 0 Å². The van der Waals surface area contributed by atoms with Gasteiger partial charge in [0.2, 0.25) is 11.8 Å². The largest absolute Gasteiger partial charge is 0.475 e. The van der Waals surface area contributed by atoms with E-state index in [1.807, 2.05) is 20.8 Å². The molecule has 15 heavy (non-hydrogen) atoms. The predicted molar refractivity (Wildman–Crippen MR) is 57.8 cm³/mol. The van der Waals surface area contributed by atoms with E-state index in [-0.39, 0.29) is 12.1 Å². The Bertz CT molecular complexity index is 295. The van der Waals surface area contributed by atoms with Gasteiger partial charge in [0.1, 0.15) is 6.61 Å². The molecule has 0 aliphatic carbocycles. The molecule has 0 amide bonds. The molecule has 0 spiro atoms. The summed E-state index contributed by atoms with van der Waals surface area (Å²) in [4.78, 5) is 7.89. The number of ether oxygens (including phenoxy) is 2. The van der Waals surface area contributed by atoms with Crippen LogP contribution < -0.4 is 10.5 Å². The van der Waals surface area contributed by atoms with Crippen molar-refractivity contribution in [3.63, 3.8) is 0 Å². The first kappa shape index (κ1) is 11.7. The quantitative estimate of drug-likeness (QED) is 0.740. The van der Waals surface area contributed by atoms with E-state index in [0.29, 0.717) is 19.1 Å². The van der Waals surface area contributed by atoms with Crippen LogP contribution in [-0.2, 0) is 4.74 Å². The summed E-state index contributed by atoms with van der Waals surface area (Å²) < 4.78 is 10.7. The van der Waals surface area contributed by atoms with Gasteiger partial charge in [-0.2, -0.15) is 4.98 Å². The van der Waals surface area contributed by atoms with Gasteiger partial charge in [0.15, 0.2) is 0 Å². The Kier molecular flexibility index (Phi) is 4.30. The monoisotopic (exact) mass is 211 g/mol. The van der Waals surface area contributed by atoms with Crippen molar-refractivity contribution in [1.82, 2.24) is 9.97 Å². The molecule has 0 aliphatic rings. The summed E-state index contributed by atoms with van der Waals surface area (Å²) in [6.07, 6.45) is 0.214. The molecule has 0 unspecified atom stereocenters. The molecule has 0 aromatic carbocycles. The molecule has 0 saturated heterocycles. The van der Waals surface area contributed by atoms with Crippen LogP contribution in [0.1, 0.15) is 19.5 Å². The topological polar surface area (TPSA) is 70.3 Å². The summed E-state index contributed by atoms with van der Waals surface area (Å²) in [5.74, 6) is 0.724. The van der Waals surface area contributed by atoms with Gasteiger partial charge < -0.3 is 15.2 Å². The molecule has 0 saturated carbocycles. The number of hydrogen-bond acceptors (Lipinski definition) is 5. The molecule has 0 aliphatic heterocycles. The number of aromatic nitrogens is 2. The lowest BCUT2D eigenvalue weighted by Crippen LogP contribution is -2.12. The molecule has 1 aromatic heterocycles. The van der Waals surface area contributed by atoms with Crippen molar-refractivity contribution < 1.29 is 9.47 Å². The van der Waals surface area contributed by atoms with Crippen LogP contribution in [0.5, 0.6) is 5.88 Å². The van der Waals surface area contributed by atoms with E-state index in [2.05, 4.69) is 9.97 Å². The molecule has 5 nitrogen and oxygen atoms in total. The molecule has 5 heteroatoms. The highest BCUT2D eigenvalue weighted by atomic mass is 16.5. The van der Waals surface area contributed by atoms with E-state index in [1.54, 1.807) is 6.07 Å². The zero-order valence-electron chi connectivity index (χ0n) is 9.36. The number of hydrogen-bond donors (Lipinski definition) is 1. The number of rotatable bonds is 5. The summed E-state index contributed by atoms with van der Waals surface area (Å²) in [6.45, 7) is 6.81. The van der Waals surface area contributed by atoms with Crippen LogP contribution in [0.4, 0.5) is 5.95 Å². The molecule has 1 aromatic rings. The van der Waals surface area contributed by atoms with Gasteiger partial charge in [0.05, 0.1) is 12.7 Å². The maximum absolute atomic E-state index is 5.48. The lowest BCUT2D eigenvalue weighted by Gasteiger charge is -2.09. The summed E-state index contributed by atoms with van der Waals surface area (Å²) in [5, 5.41) is 0. The smallest absolute Gasteiger partial charge is 0.223 e. The predicted octanol–water partition coefficient (Wildman–Crippen LogP) is 1.17. The van der Waals surface area contributed by atoms with Crippen LogP contribution in [-0.4, -0.2) is 29.3 Å². The van der Waals surface area contributed by atoms with E-state index in [9.17, 15) is 0 Å². The first-order valence-corrected chi connectivity index (χ1v) is 4.93. The molecule has 1 rings (SSSR count). The molecule has 0 fully saturated rings. The zero-order chi connectivity index (χ0) is 11.3. The number of nitrogens with two attached hydrogens (primary N) is 1. The summed E-state index contributed by atoms with van der Waals surface area (Å²) in [6, 6.07) is 1.74. The fraction of sp³-hybridized carbons (Fsp3) is 0.600. The van der Waals surface area contributed by atoms with E-state index in [1.165, 1.54) is 0 Å². The van der Waals surface area contributed by atoms with Crippen LogP contribution in [0.15, 0.2) is 6.07 Å². The molecule has 84 valence electrons. The van der Waals surface area contributed by atoms with Gasteiger partial charge >= 0.3 is 0 Å². The summed E-state index contributed by atoms with van der Waals surface area (Å²) in [5.41, 5.74) is 6.27. The maximum atomic E-state index is 5.48. The maximum Gasteiger partial charge on any atom is 0.223 e. The van der Waals surface area contributed by atoms with Gasteiger partial charge in [0, 0.05) is 11.8 Å². The molecule has 1 heterocycles. The Labute approximate surface area is 89.6 Å². The average Bonchev–Trinajstić information content (AvgIpc) is 2.10. The number of nitrogen functional groups attached to an aromatic ring is 1. The molecular weight excluding hydrogens is 194 g/mol. The highest BCUT2D eigenvalue weighted by molar-refractivity contribution is 5.25. The van der Waals surface area contributed by atoms with Crippen molar-refractivity contribution in [3.05, 3.63) is 11.8 Å². The van der Waals surface area contributed by atoms with E-state index >= 15 is 0 Å². The third-order valence-electron chi connectivity index (χ3n) is 1.63. The van der Waals surface area contributed by atoms with Crippen molar-refractivity contribution in [2.75, 3.05) is 18.9 Å². The van der Waals surface area contributed by atoms with Crippen molar-refractivity contribution in [3.8, 4) is 5.88 Å². The molecule has 0 atom stereocenters. The molecule has 0 bridgehead atoms. The fourth-order valence-corrected chi connectivity index (χ4v) is 1.07. The van der Waals surface area contributed by atoms with Crippen LogP contribution in [0.3, 0.4) is 0 Å². The number of aryl methyl sites for hydroxylation is 1. The SMILES string of the molecule is Cc1cc(OCCOC(C)C)nc(N)n1. The number of nitrogens with zero attached hydrogens (tertiary/aromatic N) is 2. The minimum absolute atomic E-state index is 0.214. The van der Waals surface area contributed by atoms with E-state index in [0.717, 1.165) is 5.69 Å². The van der Waals surface area contributed by atoms with Crippen LogP contribution in [0.2, 0.25) is 0 Å². The normalized spacial score (nSPS) is 10.7. The fourth-order valence-electron chi connectivity index (χ4n) is 1.07. The minimum atomic E-state index is 0.214. The van der Waals surface area contributed by atoms with Gasteiger partial charge in [-0.1, -0.05) is 0 Å². The highest BCUT2D eigenvalue weighted by Gasteiger charge is 2.00. The highest BCUT2D eigenvalue weighted by Crippen LogP contribution is 2.09. The zero-order valence-corrected chi connectivity index (χ0v) is 9.36. The standard InChI is InChI=1S/C10H17N3O2/c1-7(2)14-4-5-15-9-6-8(3)12-10(11)13-9/h6-7H,4-5H2,1-3H3,(H2,11,12,13). The van der Waals surface area contributed by atoms with Crippen molar-refractivity contribution in [1.29, 1.82) is 0 Å². The Balaban J connectivity index is 2.37. The van der Waals surface area contributed by atoms with E-state index in [4.69, 9.17) is 15.2 Å². The van der Waals surface area contributed by atoms with Crippen molar-refractivity contribution in [2.24, 2.45) is 0 Å². The second kappa shape index (κ2) is 5.50. The Morgan fingerprint density at radius 2 is 2.07 bits per heavy atom. The third kappa shape index (κ3) is 4.60. The van der Waals surface area contributed by atoms with Crippen LogP contribution in [0, 0.1) is 6.92 Å². The van der Waals surface area contributed by atoms with Gasteiger partial charge in [-0.15, -0.1) is 0 Å². The molecule has 2 N–H and O–H groups in total. The second-order valence-corrected chi connectivity index (χ2v) is 3.47. The van der Waals surface area contributed by atoms with Gasteiger partial charge in [-0.3, -0.25) is 0 Å². The van der Waals surface area contributed by atoms with Crippen molar-refractivity contribution in [2.45, 2.75) is 26.9 Å². The third-order valence-corrected chi connectivity index (χ3v) is 1.63. The summed E-state index contributed by atoms with van der Waals surface area (Å²) >= 11 is 0. The minimum Gasteiger partial charge on any atom is -0.475 e. The second-order valence-electron chi connectivity index (χ2n) is 3.47. The Morgan fingerprint density at radius 3 is 2.67 bits per heavy atom. The molecule has 0 radical (unpaired) electrons. The number of anilines is 1. The Morgan fingerprint density at radius 1 is 1.33 bits per heavy atom. The first-order valence-electron chi connectivity index (χ1n) is 4.93. The molecular formula is C10H17N3O2. The van der Waals surface area contributed by atoms with Gasteiger partial charge in [-0.05, 0) is 20.8 Å². The lowest BCUT2D eigenvalue weighted by molar-refractivity contribution is 0.0542. The average molecular weight is 211 g/mol. The van der Waals surface area contributed by atoms with Crippen LogP contribution >= 0.6 is 0 Å². The van der Waals surface area contributed by atoms with Crippen molar-refractivity contribution >= 4 is 5.95 Å². The van der Waals surface area contributed by atoms with Gasteiger partial charge in [0.25, 0.3) is 0 Å². The lowest BCUT2D eigenvalue weighted by atomic mass is 10.4.